The number of nitrogens with one attached hydrogen (secondary N) is 1. The van der Waals surface area contributed by atoms with E-state index in [1.54, 1.807) is 6.92 Å². The summed E-state index contributed by atoms with van der Waals surface area (Å²) in [5.41, 5.74) is 0.0728. The van der Waals surface area contributed by atoms with E-state index in [4.69, 9.17) is 0 Å². The standard InChI is InChI=1S/C10H21N3O3S2/c1-3-17(2,14)12-18(15,16)11-8-10-4-6-13(9-10)7-5-10/h11H,3-9H2,1-2H3. The molecule has 0 aromatic carbocycles. The highest BCUT2D eigenvalue weighted by Crippen LogP contribution is 2.39. The molecule has 0 aliphatic carbocycles. The SMILES string of the molecule is CCS(C)(=O)=NS(=O)(=O)NCC12CCN(CC1)C2. The molecule has 8 heteroatoms. The zero-order chi connectivity index (χ0) is 13.4. The van der Waals surface area contributed by atoms with Gasteiger partial charge < -0.3 is 4.90 Å². The summed E-state index contributed by atoms with van der Waals surface area (Å²) in [6, 6.07) is 0. The fourth-order valence-corrected chi connectivity index (χ4v) is 5.36. The summed E-state index contributed by atoms with van der Waals surface area (Å²) >= 11 is 0. The van der Waals surface area contributed by atoms with Crippen LogP contribution in [-0.4, -0.2) is 55.7 Å². The summed E-state index contributed by atoms with van der Waals surface area (Å²) in [5.74, 6) is 0.243. The van der Waals surface area contributed by atoms with Gasteiger partial charge in [0.2, 0.25) is 0 Å². The van der Waals surface area contributed by atoms with Crippen LogP contribution in [0.15, 0.2) is 3.77 Å². The second kappa shape index (κ2) is 4.73. The Kier molecular flexibility index (Phi) is 3.74. The Morgan fingerprint density at radius 1 is 1.28 bits per heavy atom. The molecular weight excluding hydrogens is 274 g/mol. The molecule has 2 bridgehead atoms. The van der Waals surface area contributed by atoms with E-state index < -0.39 is 19.9 Å². The highest BCUT2D eigenvalue weighted by atomic mass is 32.3. The topological polar surface area (TPSA) is 78.8 Å². The summed E-state index contributed by atoms with van der Waals surface area (Å²) < 4.78 is 41.2. The molecule has 2 heterocycles. The average Bonchev–Trinajstić information content (AvgIpc) is 2.86. The van der Waals surface area contributed by atoms with Crippen molar-refractivity contribution in [3.05, 3.63) is 0 Å². The Labute approximate surface area is 109 Å². The van der Waals surface area contributed by atoms with Crippen molar-refractivity contribution in [2.45, 2.75) is 19.8 Å². The lowest BCUT2D eigenvalue weighted by Gasteiger charge is -2.24. The molecule has 2 saturated heterocycles. The molecule has 1 atom stereocenters. The molecule has 106 valence electrons. The largest absolute Gasteiger partial charge is 0.327 e. The van der Waals surface area contributed by atoms with Crippen LogP contribution in [0.2, 0.25) is 0 Å². The first-order valence-electron chi connectivity index (χ1n) is 6.19. The molecule has 0 aromatic rings. The molecule has 0 saturated carbocycles. The van der Waals surface area contributed by atoms with Gasteiger partial charge >= 0.3 is 10.2 Å². The summed E-state index contributed by atoms with van der Waals surface area (Å²) in [4.78, 5) is 2.35. The highest BCUT2D eigenvalue weighted by molar-refractivity contribution is 8.02. The molecule has 0 aromatic heterocycles. The van der Waals surface area contributed by atoms with Crippen LogP contribution in [-0.2, 0) is 19.9 Å². The molecular formula is C10H21N3O3S2. The third kappa shape index (κ3) is 3.23. The predicted octanol–water partition coefficient (Wildman–Crippen LogP) is 0.0343. The zero-order valence-corrected chi connectivity index (χ0v) is 12.5. The highest BCUT2D eigenvalue weighted by Gasteiger charge is 2.43. The van der Waals surface area contributed by atoms with Crippen molar-refractivity contribution in [1.82, 2.24) is 9.62 Å². The predicted molar refractivity (Wildman–Crippen MR) is 72.1 cm³/mol. The Balaban J connectivity index is 2.02. The number of hydrogen-bond acceptors (Lipinski definition) is 4. The van der Waals surface area contributed by atoms with E-state index in [9.17, 15) is 12.6 Å². The number of hydrogen-bond donors (Lipinski definition) is 1. The minimum absolute atomic E-state index is 0.0728. The van der Waals surface area contributed by atoms with Gasteiger partial charge in [-0.1, -0.05) is 10.7 Å². The molecule has 2 fully saturated rings. The van der Waals surface area contributed by atoms with Gasteiger partial charge in [-0.05, 0) is 31.3 Å². The summed E-state index contributed by atoms with van der Waals surface area (Å²) in [6.07, 6.45) is 3.44. The van der Waals surface area contributed by atoms with Crippen molar-refractivity contribution in [2.24, 2.45) is 9.18 Å². The lowest BCUT2D eigenvalue weighted by Crippen LogP contribution is -2.36. The van der Waals surface area contributed by atoms with Crippen LogP contribution in [0.4, 0.5) is 0 Å². The molecule has 0 spiro atoms. The molecule has 1 N–H and O–H groups in total. The Bertz CT molecular complexity index is 527. The van der Waals surface area contributed by atoms with E-state index in [0.717, 1.165) is 32.5 Å². The van der Waals surface area contributed by atoms with Crippen LogP contribution in [0.1, 0.15) is 19.8 Å². The Morgan fingerprint density at radius 2 is 1.89 bits per heavy atom. The lowest BCUT2D eigenvalue weighted by molar-refractivity contribution is 0.319. The first-order chi connectivity index (χ1) is 8.26. The number of fused-ring (bicyclic) bond motifs is 2. The minimum atomic E-state index is -3.79. The van der Waals surface area contributed by atoms with Crippen molar-refractivity contribution in [3.63, 3.8) is 0 Å². The van der Waals surface area contributed by atoms with Crippen LogP contribution in [0.25, 0.3) is 0 Å². The Hall–Kier alpha value is -0.180. The van der Waals surface area contributed by atoms with Gasteiger partial charge in [0.25, 0.3) is 0 Å². The molecule has 0 radical (unpaired) electrons. The zero-order valence-electron chi connectivity index (χ0n) is 10.9. The first-order valence-corrected chi connectivity index (χ1v) is 9.72. The maximum absolute atomic E-state index is 11.8. The average molecular weight is 295 g/mol. The van der Waals surface area contributed by atoms with Crippen molar-refractivity contribution in [2.75, 3.05) is 38.2 Å². The number of nitrogens with zero attached hydrogens (tertiary/aromatic N) is 2. The third-order valence-electron chi connectivity index (χ3n) is 3.90. The van der Waals surface area contributed by atoms with Crippen LogP contribution in [0.5, 0.6) is 0 Å². The van der Waals surface area contributed by atoms with E-state index in [1.165, 1.54) is 6.26 Å². The molecule has 2 aliphatic heterocycles. The maximum atomic E-state index is 11.8. The smallest absolute Gasteiger partial charge is 0.303 e. The van der Waals surface area contributed by atoms with E-state index in [0.29, 0.717) is 6.54 Å². The normalized spacial score (nSPS) is 34.4. The van der Waals surface area contributed by atoms with Gasteiger partial charge in [0.05, 0.1) is 9.73 Å². The van der Waals surface area contributed by atoms with Gasteiger partial charge in [0, 0.05) is 25.1 Å². The van der Waals surface area contributed by atoms with Gasteiger partial charge in [-0.3, -0.25) is 0 Å². The first kappa shape index (κ1) is 14.2. The van der Waals surface area contributed by atoms with Gasteiger partial charge in [-0.2, -0.15) is 13.1 Å². The number of piperidine rings is 1. The summed E-state index contributed by atoms with van der Waals surface area (Å²) in [7, 11) is -6.41. The number of rotatable bonds is 5. The molecule has 2 aliphatic rings. The molecule has 0 amide bonds. The van der Waals surface area contributed by atoms with E-state index in [2.05, 4.69) is 13.4 Å². The van der Waals surface area contributed by atoms with E-state index in [1.807, 2.05) is 0 Å². The molecule has 1 unspecified atom stereocenters. The quantitative estimate of drug-likeness (QED) is 0.776. The fourth-order valence-electron chi connectivity index (χ4n) is 2.58. The molecule has 2 rings (SSSR count). The van der Waals surface area contributed by atoms with Crippen molar-refractivity contribution >= 4 is 19.9 Å². The van der Waals surface area contributed by atoms with Crippen molar-refractivity contribution in [3.8, 4) is 0 Å². The van der Waals surface area contributed by atoms with Crippen LogP contribution in [0.3, 0.4) is 0 Å². The lowest BCUT2D eigenvalue weighted by atomic mass is 9.85. The second-order valence-electron chi connectivity index (χ2n) is 5.39. The fraction of sp³-hybridized carbons (Fsp3) is 1.00. The Morgan fingerprint density at radius 3 is 2.33 bits per heavy atom. The minimum Gasteiger partial charge on any atom is -0.303 e. The second-order valence-corrected chi connectivity index (χ2v) is 9.73. The van der Waals surface area contributed by atoms with Crippen LogP contribution in [0, 0.1) is 5.41 Å². The van der Waals surface area contributed by atoms with Crippen molar-refractivity contribution in [1.29, 1.82) is 0 Å². The molecule has 6 nitrogen and oxygen atoms in total. The van der Waals surface area contributed by atoms with Crippen LogP contribution >= 0.6 is 0 Å². The van der Waals surface area contributed by atoms with Crippen molar-refractivity contribution < 1.29 is 12.6 Å². The third-order valence-corrected chi connectivity index (χ3v) is 7.52. The van der Waals surface area contributed by atoms with E-state index >= 15 is 0 Å². The summed E-state index contributed by atoms with van der Waals surface area (Å²) in [5, 5.41) is 0. The van der Waals surface area contributed by atoms with Gasteiger partial charge in [0.15, 0.2) is 0 Å². The summed E-state index contributed by atoms with van der Waals surface area (Å²) in [6.45, 7) is 5.15. The van der Waals surface area contributed by atoms with Crippen LogP contribution < -0.4 is 4.72 Å². The molecule has 18 heavy (non-hydrogen) atoms. The van der Waals surface area contributed by atoms with Gasteiger partial charge in [-0.15, -0.1) is 0 Å². The van der Waals surface area contributed by atoms with Gasteiger partial charge in [0.1, 0.15) is 0 Å². The van der Waals surface area contributed by atoms with Gasteiger partial charge in [-0.25, -0.2) is 4.21 Å². The maximum Gasteiger partial charge on any atom is 0.327 e. The van der Waals surface area contributed by atoms with E-state index in [-0.39, 0.29) is 11.2 Å². The monoisotopic (exact) mass is 295 g/mol.